The van der Waals surface area contributed by atoms with E-state index in [9.17, 15) is 4.79 Å². The Balaban J connectivity index is 2.41. The normalized spacial score (nSPS) is 10.4. The van der Waals surface area contributed by atoms with Gasteiger partial charge in [-0.1, -0.05) is 23.2 Å². The molecule has 0 aliphatic carbocycles. The van der Waals surface area contributed by atoms with Gasteiger partial charge < -0.3 is 4.42 Å². The van der Waals surface area contributed by atoms with Crippen LogP contribution in [0.2, 0.25) is 15.3 Å². The molecule has 0 unspecified atom stereocenters. The molecule has 2 nitrogen and oxygen atoms in total. The third kappa shape index (κ3) is 2.24. The van der Waals surface area contributed by atoms with E-state index in [2.05, 4.69) is 0 Å². The Morgan fingerprint density at radius 1 is 1.06 bits per heavy atom. The maximum atomic E-state index is 11.9. The number of hydrogen-bond donors (Lipinski definition) is 0. The van der Waals surface area contributed by atoms with Gasteiger partial charge in [-0.25, -0.2) is 0 Å². The summed E-state index contributed by atoms with van der Waals surface area (Å²) < 4.78 is 5.01. The second-order valence-corrected chi connectivity index (χ2v) is 4.27. The molecule has 0 saturated carbocycles. The summed E-state index contributed by atoms with van der Waals surface area (Å²) in [5, 5.41) is 0.914. The monoisotopic (exact) mass is 274 g/mol. The van der Waals surface area contributed by atoms with Gasteiger partial charge in [-0.2, -0.15) is 0 Å². The lowest BCUT2D eigenvalue weighted by atomic mass is 10.1. The van der Waals surface area contributed by atoms with Crippen LogP contribution >= 0.6 is 34.8 Å². The number of carbonyl (C=O) groups excluding carboxylic acids is 1. The van der Waals surface area contributed by atoms with E-state index in [0.29, 0.717) is 10.6 Å². The van der Waals surface area contributed by atoms with Crippen molar-refractivity contribution in [3.63, 3.8) is 0 Å². The van der Waals surface area contributed by atoms with Crippen LogP contribution in [0.3, 0.4) is 0 Å². The Labute approximate surface area is 107 Å². The molecule has 0 aliphatic rings. The zero-order valence-corrected chi connectivity index (χ0v) is 10.1. The molecule has 0 saturated heterocycles. The molecule has 1 aromatic heterocycles. The molecule has 5 heteroatoms. The van der Waals surface area contributed by atoms with Crippen LogP contribution in [0.5, 0.6) is 0 Å². The van der Waals surface area contributed by atoms with Crippen molar-refractivity contribution in [3.05, 3.63) is 56.9 Å². The van der Waals surface area contributed by atoms with Gasteiger partial charge >= 0.3 is 0 Å². The van der Waals surface area contributed by atoms with Gasteiger partial charge in [0.2, 0.25) is 5.78 Å². The molecule has 16 heavy (non-hydrogen) atoms. The van der Waals surface area contributed by atoms with Gasteiger partial charge in [0.25, 0.3) is 0 Å². The van der Waals surface area contributed by atoms with Crippen molar-refractivity contribution < 1.29 is 9.21 Å². The molecule has 82 valence electrons. The highest BCUT2D eigenvalue weighted by molar-refractivity contribution is 6.37. The second-order valence-electron chi connectivity index (χ2n) is 3.06. The average Bonchev–Trinajstić information content (AvgIpc) is 2.64. The van der Waals surface area contributed by atoms with Crippen molar-refractivity contribution in [1.82, 2.24) is 0 Å². The Kier molecular flexibility index (Phi) is 3.24. The van der Waals surface area contributed by atoms with Gasteiger partial charge in [-0.3, -0.25) is 4.79 Å². The average molecular weight is 276 g/mol. The molecule has 0 aliphatic heterocycles. The van der Waals surface area contributed by atoms with Crippen molar-refractivity contribution in [2.24, 2.45) is 0 Å². The minimum Gasteiger partial charge on any atom is -0.441 e. The van der Waals surface area contributed by atoms with Crippen molar-refractivity contribution >= 4 is 40.6 Å². The lowest BCUT2D eigenvalue weighted by Gasteiger charge is -2.01. The summed E-state index contributed by atoms with van der Waals surface area (Å²) in [6.45, 7) is 0. The zero-order valence-electron chi connectivity index (χ0n) is 7.84. The molecule has 1 aromatic carbocycles. The van der Waals surface area contributed by atoms with Crippen molar-refractivity contribution in [3.8, 4) is 0 Å². The molecule has 2 aromatic rings. The summed E-state index contributed by atoms with van der Waals surface area (Å²) in [4.78, 5) is 11.9. The molecule has 0 amide bonds. The molecule has 0 fully saturated rings. The molecule has 0 spiro atoms. The maximum absolute atomic E-state index is 11.9. The zero-order chi connectivity index (χ0) is 11.7. The topological polar surface area (TPSA) is 30.2 Å². The predicted molar refractivity (Wildman–Crippen MR) is 63.6 cm³/mol. The summed E-state index contributed by atoms with van der Waals surface area (Å²) in [6, 6.07) is 7.63. The van der Waals surface area contributed by atoms with Gasteiger partial charge in [0.1, 0.15) is 0 Å². The van der Waals surface area contributed by atoms with Crippen LogP contribution in [-0.4, -0.2) is 5.78 Å². The fourth-order valence-electron chi connectivity index (χ4n) is 1.24. The first-order valence-corrected chi connectivity index (χ1v) is 5.46. The van der Waals surface area contributed by atoms with Crippen LogP contribution in [0.15, 0.2) is 34.7 Å². The Morgan fingerprint density at radius 3 is 2.38 bits per heavy atom. The largest absolute Gasteiger partial charge is 0.441 e. The fourth-order valence-corrected chi connectivity index (χ4v) is 1.88. The first-order valence-electron chi connectivity index (χ1n) is 4.33. The Hall–Kier alpha value is -0.960. The van der Waals surface area contributed by atoms with Crippen LogP contribution in [0, 0.1) is 0 Å². The van der Waals surface area contributed by atoms with E-state index in [0.717, 1.165) is 0 Å². The molecule has 0 radical (unpaired) electrons. The minimum atomic E-state index is -0.325. The van der Waals surface area contributed by atoms with Crippen molar-refractivity contribution in [1.29, 1.82) is 0 Å². The van der Waals surface area contributed by atoms with E-state index < -0.39 is 0 Å². The SMILES string of the molecule is O=C(c1ccc(Cl)o1)c1ccc(Cl)cc1Cl. The summed E-state index contributed by atoms with van der Waals surface area (Å²) in [5.74, 6) is -0.178. The highest BCUT2D eigenvalue weighted by Crippen LogP contribution is 2.24. The summed E-state index contributed by atoms with van der Waals surface area (Å²) in [5.41, 5.74) is 0.331. The molecular formula is C11H5Cl3O2. The van der Waals surface area contributed by atoms with E-state index in [-0.39, 0.29) is 21.8 Å². The number of ketones is 1. The lowest BCUT2D eigenvalue weighted by Crippen LogP contribution is -2.00. The van der Waals surface area contributed by atoms with E-state index in [1.54, 1.807) is 12.1 Å². The second kappa shape index (κ2) is 4.50. The van der Waals surface area contributed by atoms with Crippen LogP contribution in [0.4, 0.5) is 0 Å². The van der Waals surface area contributed by atoms with Gasteiger partial charge in [0.15, 0.2) is 11.0 Å². The number of benzene rings is 1. The van der Waals surface area contributed by atoms with E-state index in [1.807, 2.05) is 0 Å². The Bertz CT molecular complexity index is 546. The minimum absolute atomic E-state index is 0.147. The van der Waals surface area contributed by atoms with Crippen LogP contribution in [-0.2, 0) is 0 Å². The van der Waals surface area contributed by atoms with Crippen LogP contribution in [0.1, 0.15) is 16.1 Å². The van der Waals surface area contributed by atoms with Gasteiger partial charge in [0.05, 0.1) is 5.02 Å². The quantitative estimate of drug-likeness (QED) is 0.757. The molecular weight excluding hydrogens is 270 g/mol. The highest BCUT2D eigenvalue weighted by Gasteiger charge is 2.16. The van der Waals surface area contributed by atoms with Crippen LogP contribution < -0.4 is 0 Å². The van der Waals surface area contributed by atoms with E-state index in [4.69, 9.17) is 39.2 Å². The number of hydrogen-bond acceptors (Lipinski definition) is 2. The van der Waals surface area contributed by atoms with Gasteiger partial charge in [-0.05, 0) is 41.9 Å². The molecule has 0 N–H and O–H groups in total. The molecule has 0 atom stereocenters. The molecule has 0 bridgehead atoms. The summed E-state index contributed by atoms with van der Waals surface area (Å²) >= 11 is 17.2. The summed E-state index contributed by atoms with van der Waals surface area (Å²) in [7, 11) is 0. The third-order valence-corrected chi connectivity index (χ3v) is 2.72. The number of carbonyl (C=O) groups is 1. The molecule has 1 heterocycles. The number of rotatable bonds is 2. The first kappa shape index (κ1) is 11.5. The van der Waals surface area contributed by atoms with Gasteiger partial charge in [0, 0.05) is 10.6 Å². The van der Waals surface area contributed by atoms with Gasteiger partial charge in [-0.15, -0.1) is 0 Å². The maximum Gasteiger partial charge on any atom is 0.229 e. The number of halogens is 3. The first-order chi connectivity index (χ1) is 7.58. The lowest BCUT2D eigenvalue weighted by molar-refractivity contribution is 0.101. The van der Waals surface area contributed by atoms with E-state index >= 15 is 0 Å². The fraction of sp³-hybridized carbons (Fsp3) is 0. The predicted octanol–water partition coefficient (Wildman–Crippen LogP) is 4.47. The van der Waals surface area contributed by atoms with Crippen molar-refractivity contribution in [2.45, 2.75) is 0 Å². The molecule has 2 rings (SSSR count). The third-order valence-electron chi connectivity index (χ3n) is 1.97. The summed E-state index contributed by atoms with van der Waals surface area (Å²) in [6.07, 6.45) is 0. The van der Waals surface area contributed by atoms with Crippen molar-refractivity contribution in [2.75, 3.05) is 0 Å². The van der Waals surface area contributed by atoms with E-state index in [1.165, 1.54) is 18.2 Å². The Morgan fingerprint density at radius 2 is 1.81 bits per heavy atom. The number of furan rings is 1. The standard InChI is InChI=1S/C11H5Cl3O2/c12-6-1-2-7(8(13)5-6)11(15)9-3-4-10(14)16-9/h1-5H. The highest BCUT2D eigenvalue weighted by atomic mass is 35.5. The van der Waals surface area contributed by atoms with Crippen LogP contribution in [0.25, 0.3) is 0 Å². The smallest absolute Gasteiger partial charge is 0.229 e.